The van der Waals surface area contributed by atoms with Crippen LogP contribution in [0.15, 0.2) is 36.4 Å². The first-order valence-electron chi connectivity index (χ1n) is 11.3. The fourth-order valence-electron chi connectivity index (χ4n) is 3.82. The molecule has 3 rings (SSSR count). The summed E-state index contributed by atoms with van der Waals surface area (Å²) in [6.45, 7) is 8.45. The van der Waals surface area contributed by atoms with Gasteiger partial charge >= 0.3 is 0 Å². The van der Waals surface area contributed by atoms with Crippen LogP contribution in [-0.2, 0) is 25.4 Å². The van der Waals surface area contributed by atoms with Crippen LogP contribution < -0.4 is 0 Å². The molecule has 0 saturated heterocycles. The highest BCUT2D eigenvalue weighted by Gasteiger charge is 2.29. The van der Waals surface area contributed by atoms with E-state index in [1.807, 2.05) is 0 Å². The van der Waals surface area contributed by atoms with E-state index in [0.29, 0.717) is 55.1 Å². The molecule has 33 heavy (non-hydrogen) atoms. The number of rotatable bonds is 12. The van der Waals surface area contributed by atoms with Crippen molar-refractivity contribution in [3.8, 4) is 0 Å². The molecule has 0 N–H and O–H groups in total. The molecule has 0 heterocycles. The summed E-state index contributed by atoms with van der Waals surface area (Å²) < 4.78 is 21.6. The normalized spacial score (nSPS) is 12.7. The molecular formula is C26H30O7. The van der Waals surface area contributed by atoms with Crippen LogP contribution in [0.1, 0.15) is 75.5 Å². The molecule has 2 aromatic carbocycles. The Morgan fingerprint density at radius 1 is 0.697 bits per heavy atom. The lowest BCUT2D eigenvalue weighted by Gasteiger charge is -2.22. The maximum atomic E-state index is 13.4. The van der Waals surface area contributed by atoms with Gasteiger partial charge < -0.3 is 18.9 Å². The van der Waals surface area contributed by atoms with Crippen LogP contribution in [0.4, 0.5) is 0 Å². The minimum absolute atomic E-state index is 0.232. The summed E-state index contributed by atoms with van der Waals surface area (Å²) in [6, 6.07) is 10.1. The molecule has 0 fully saturated rings. The van der Waals surface area contributed by atoms with Gasteiger partial charge in [0.2, 0.25) is 24.1 Å². The van der Waals surface area contributed by atoms with E-state index in [2.05, 4.69) is 0 Å². The molecule has 0 bridgehead atoms. The van der Waals surface area contributed by atoms with Gasteiger partial charge in [-0.25, -0.2) is 0 Å². The van der Waals surface area contributed by atoms with Gasteiger partial charge in [0.15, 0.2) is 5.78 Å². The number of benzene rings is 2. The molecule has 0 saturated carbocycles. The van der Waals surface area contributed by atoms with E-state index in [1.165, 1.54) is 0 Å². The van der Waals surface area contributed by atoms with Crippen molar-refractivity contribution in [2.45, 2.75) is 46.7 Å². The summed E-state index contributed by atoms with van der Waals surface area (Å²) in [5, 5.41) is 0. The van der Waals surface area contributed by atoms with Crippen molar-refractivity contribution in [1.29, 1.82) is 0 Å². The summed E-state index contributed by atoms with van der Waals surface area (Å²) in [7, 11) is 0. The van der Waals surface area contributed by atoms with Gasteiger partial charge in [-0.2, -0.15) is 0 Å². The lowest BCUT2D eigenvalue weighted by molar-refractivity contribution is -0.107. The number of carbonyl (C=O) groups excluding carboxylic acids is 3. The van der Waals surface area contributed by atoms with Gasteiger partial charge in [0.1, 0.15) is 0 Å². The van der Waals surface area contributed by atoms with Gasteiger partial charge in [-0.3, -0.25) is 14.4 Å². The minimum Gasteiger partial charge on any atom is -0.346 e. The summed E-state index contributed by atoms with van der Waals surface area (Å²) in [6.07, 6.45) is -1.50. The molecule has 1 aliphatic rings. The Morgan fingerprint density at radius 3 is 1.39 bits per heavy atom. The van der Waals surface area contributed by atoms with Crippen LogP contribution in [0.2, 0.25) is 0 Å². The Bertz CT molecular complexity index is 936. The first-order chi connectivity index (χ1) is 15.9. The number of ether oxygens (including phenoxy) is 4. The van der Waals surface area contributed by atoms with E-state index in [-0.39, 0.29) is 17.3 Å². The predicted octanol–water partition coefficient (Wildman–Crippen LogP) is 3.99. The summed E-state index contributed by atoms with van der Waals surface area (Å²) in [5.74, 6) is -0.898. The van der Waals surface area contributed by atoms with Crippen molar-refractivity contribution in [2.75, 3.05) is 26.4 Å². The maximum absolute atomic E-state index is 13.4. The topological polar surface area (TPSA) is 88.1 Å². The third-order valence-corrected chi connectivity index (χ3v) is 5.36. The number of fused-ring (bicyclic) bond motifs is 2. The van der Waals surface area contributed by atoms with Crippen molar-refractivity contribution < 1.29 is 33.3 Å². The van der Waals surface area contributed by atoms with E-state index in [4.69, 9.17) is 18.9 Å². The Kier molecular flexibility index (Phi) is 8.63. The molecule has 0 aliphatic heterocycles. The highest BCUT2D eigenvalue weighted by molar-refractivity contribution is 6.14. The second-order valence-corrected chi connectivity index (χ2v) is 7.46. The first kappa shape index (κ1) is 24.9. The standard InChI is InChI=1S/C26H30O7/c1-5-30-25(31-6-2)22(27)18-11-9-16-13-17-10-12-19(15-21(17)24(29)20(16)14-18)23(28)26(32-7-3)33-8-4/h9-12,14-15,25-26H,5-8,13H2,1-4H3. The van der Waals surface area contributed by atoms with Gasteiger partial charge in [0.25, 0.3) is 0 Å². The third kappa shape index (κ3) is 5.45. The molecule has 0 amide bonds. The minimum atomic E-state index is -1.01. The first-order valence-corrected chi connectivity index (χ1v) is 11.3. The van der Waals surface area contributed by atoms with Gasteiger partial charge in [-0.05, 0) is 57.4 Å². The van der Waals surface area contributed by atoms with Crippen LogP contribution >= 0.6 is 0 Å². The molecule has 0 aromatic heterocycles. The van der Waals surface area contributed by atoms with Crippen LogP contribution in [0.25, 0.3) is 0 Å². The number of Topliss-reactive ketones (excluding diaryl/α,β-unsaturated/α-hetero) is 2. The molecular weight excluding hydrogens is 424 g/mol. The van der Waals surface area contributed by atoms with Crippen LogP contribution in [0.3, 0.4) is 0 Å². The fraction of sp³-hybridized carbons (Fsp3) is 0.423. The molecule has 1 aliphatic carbocycles. The maximum Gasteiger partial charge on any atom is 0.222 e. The van der Waals surface area contributed by atoms with Crippen molar-refractivity contribution in [3.05, 3.63) is 69.8 Å². The van der Waals surface area contributed by atoms with Crippen molar-refractivity contribution >= 4 is 17.3 Å². The third-order valence-electron chi connectivity index (χ3n) is 5.36. The number of hydrogen-bond acceptors (Lipinski definition) is 7. The molecule has 0 unspecified atom stereocenters. The monoisotopic (exact) mass is 454 g/mol. The molecule has 176 valence electrons. The zero-order valence-electron chi connectivity index (χ0n) is 19.5. The van der Waals surface area contributed by atoms with Crippen LogP contribution in [-0.4, -0.2) is 56.4 Å². The molecule has 0 atom stereocenters. The quantitative estimate of drug-likeness (QED) is 0.302. The highest BCUT2D eigenvalue weighted by Crippen LogP contribution is 2.29. The smallest absolute Gasteiger partial charge is 0.222 e. The highest BCUT2D eigenvalue weighted by atomic mass is 16.7. The molecule has 7 nitrogen and oxygen atoms in total. The average molecular weight is 455 g/mol. The van der Waals surface area contributed by atoms with Crippen LogP contribution in [0, 0.1) is 0 Å². The lowest BCUT2D eigenvalue weighted by atomic mass is 9.83. The molecule has 0 radical (unpaired) electrons. The summed E-state index contributed by atoms with van der Waals surface area (Å²) in [5.41, 5.74) is 3.23. The second kappa shape index (κ2) is 11.4. The lowest BCUT2D eigenvalue weighted by Crippen LogP contribution is -2.29. The van der Waals surface area contributed by atoms with Gasteiger partial charge in [-0.1, -0.05) is 24.3 Å². The Morgan fingerprint density at radius 2 is 1.06 bits per heavy atom. The van der Waals surface area contributed by atoms with E-state index in [1.54, 1.807) is 64.1 Å². The zero-order valence-corrected chi connectivity index (χ0v) is 19.5. The Labute approximate surface area is 194 Å². The average Bonchev–Trinajstić information content (AvgIpc) is 2.82. The summed E-state index contributed by atoms with van der Waals surface area (Å²) >= 11 is 0. The van der Waals surface area contributed by atoms with Crippen molar-refractivity contribution in [2.24, 2.45) is 0 Å². The number of ketones is 3. The number of carbonyl (C=O) groups is 3. The summed E-state index contributed by atoms with van der Waals surface area (Å²) in [4.78, 5) is 39.1. The molecule has 7 heteroatoms. The van der Waals surface area contributed by atoms with E-state index >= 15 is 0 Å². The van der Waals surface area contributed by atoms with E-state index < -0.39 is 12.6 Å². The van der Waals surface area contributed by atoms with Gasteiger partial charge in [0, 0.05) is 48.7 Å². The Hall–Kier alpha value is -2.71. The van der Waals surface area contributed by atoms with Crippen molar-refractivity contribution in [1.82, 2.24) is 0 Å². The predicted molar refractivity (Wildman–Crippen MR) is 122 cm³/mol. The molecule has 2 aromatic rings. The van der Waals surface area contributed by atoms with Gasteiger partial charge in [-0.15, -0.1) is 0 Å². The van der Waals surface area contributed by atoms with E-state index in [0.717, 1.165) is 11.1 Å². The second-order valence-electron chi connectivity index (χ2n) is 7.46. The SMILES string of the molecule is CCOC(OCC)C(=O)c1ccc2c(c1)C(=O)c1cc(C(=O)C(OCC)OCC)ccc1C2. The zero-order chi connectivity index (χ0) is 24.0. The molecule has 0 spiro atoms. The van der Waals surface area contributed by atoms with Crippen molar-refractivity contribution in [3.63, 3.8) is 0 Å². The fourth-order valence-corrected chi connectivity index (χ4v) is 3.82. The largest absolute Gasteiger partial charge is 0.346 e. The van der Waals surface area contributed by atoms with Crippen LogP contribution in [0.5, 0.6) is 0 Å². The number of hydrogen-bond donors (Lipinski definition) is 0. The van der Waals surface area contributed by atoms with Gasteiger partial charge in [0.05, 0.1) is 0 Å². The van der Waals surface area contributed by atoms with E-state index in [9.17, 15) is 14.4 Å². The Balaban J connectivity index is 1.91.